The fourth-order valence-electron chi connectivity index (χ4n) is 2.48. The van der Waals surface area contributed by atoms with Gasteiger partial charge in [0.2, 0.25) is 11.9 Å². The summed E-state index contributed by atoms with van der Waals surface area (Å²) < 4.78 is 5.18. The van der Waals surface area contributed by atoms with E-state index in [1.165, 1.54) is 21.0 Å². The zero-order chi connectivity index (χ0) is 20.1. The van der Waals surface area contributed by atoms with Crippen molar-refractivity contribution in [2.75, 3.05) is 17.7 Å². The number of aromatic nitrogens is 3. The molecule has 2 aromatic carbocycles. The molecule has 0 fully saturated rings. The molecule has 0 saturated heterocycles. The standard InChI is InChI=1S/C20H19N5O3/c1-12(26)14-5-4-6-15(11-14)18-23-19(25-20(24-18)28-3)22-17-9-7-16(8-10-17)21-13(2)27/h4-11H,1-3H3,(H,21,27)(H,22,23,24,25). The number of benzene rings is 2. The molecule has 0 aliphatic carbocycles. The topological polar surface area (TPSA) is 106 Å². The number of hydrogen-bond donors (Lipinski definition) is 2. The van der Waals surface area contributed by atoms with Gasteiger partial charge in [0.1, 0.15) is 0 Å². The summed E-state index contributed by atoms with van der Waals surface area (Å²) in [7, 11) is 1.47. The normalized spacial score (nSPS) is 10.2. The van der Waals surface area contributed by atoms with Crippen LogP contribution in [-0.4, -0.2) is 33.8 Å². The van der Waals surface area contributed by atoms with E-state index in [0.29, 0.717) is 28.6 Å². The van der Waals surface area contributed by atoms with Gasteiger partial charge in [-0.05, 0) is 37.3 Å². The SMILES string of the molecule is COc1nc(Nc2ccc(NC(C)=O)cc2)nc(-c2cccc(C(C)=O)c2)n1. The van der Waals surface area contributed by atoms with E-state index in [-0.39, 0.29) is 17.7 Å². The van der Waals surface area contributed by atoms with Gasteiger partial charge in [0, 0.05) is 29.4 Å². The first-order valence-corrected chi connectivity index (χ1v) is 8.50. The molecule has 0 unspecified atom stereocenters. The molecule has 0 saturated carbocycles. The highest BCUT2D eigenvalue weighted by atomic mass is 16.5. The molecule has 8 heteroatoms. The third-order valence-corrected chi connectivity index (χ3v) is 3.79. The van der Waals surface area contributed by atoms with Gasteiger partial charge in [-0.3, -0.25) is 9.59 Å². The molecule has 0 aliphatic rings. The van der Waals surface area contributed by atoms with E-state index in [0.717, 1.165) is 5.69 Å². The number of anilines is 3. The minimum atomic E-state index is -0.139. The van der Waals surface area contributed by atoms with Crippen molar-refractivity contribution in [1.82, 2.24) is 15.0 Å². The first kappa shape index (κ1) is 19.0. The maximum atomic E-state index is 11.6. The van der Waals surface area contributed by atoms with Crippen LogP contribution in [0.1, 0.15) is 24.2 Å². The number of ether oxygens (including phenoxy) is 1. The Balaban J connectivity index is 1.90. The molecule has 0 bridgehead atoms. The molecule has 8 nitrogen and oxygen atoms in total. The van der Waals surface area contributed by atoms with Crippen LogP contribution in [0, 0.1) is 0 Å². The van der Waals surface area contributed by atoms with Crippen LogP contribution in [0.15, 0.2) is 48.5 Å². The van der Waals surface area contributed by atoms with E-state index >= 15 is 0 Å². The first-order valence-electron chi connectivity index (χ1n) is 8.50. The van der Waals surface area contributed by atoms with E-state index in [4.69, 9.17) is 4.74 Å². The summed E-state index contributed by atoms with van der Waals surface area (Å²) in [5.41, 5.74) is 2.66. The number of Topliss-reactive ketones (excluding diaryl/α,β-unsaturated/α-hetero) is 1. The summed E-state index contributed by atoms with van der Waals surface area (Å²) >= 11 is 0. The predicted molar refractivity (Wildman–Crippen MR) is 106 cm³/mol. The van der Waals surface area contributed by atoms with Crippen LogP contribution in [-0.2, 0) is 4.79 Å². The van der Waals surface area contributed by atoms with E-state index < -0.39 is 0 Å². The Labute approximate surface area is 162 Å². The Bertz CT molecular complexity index is 1020. The average Bonchev–Trinajstić information content (AvgIpc) is 2.69. The largest absolute Gasteiger partial charge is 0.467 e. The molecular formula is C20H19N5O3. The van der Waals surface area contributed by atoms with E-state index in [1.807, 2.05) is 6.07 Å². The highest BCUT2D eigenvalue weighted by Crippen LogP contribution is 2.22. The number of ketones is 1. The molecule has 0 spiro atoms. The minimum absolute atomic E-state index is 0.0412. The quantitative estimate of drug-likeness (QED) is 0.634. The third-order valence-electron chi connectivity index (χ3n) is 3.79. The van der Waals surface area contributed by atoms with Gasteiger partial charge in [0.05, 0.1) is 7.11 Å². The maximum absolute atomic E-state index is 11.6. The van der Waals surface area contributed by atoms with Crippen LogP contribution in [0.3, 0.4) is 0 Å². The van der Waals surface area contributed by atoms with Gasteiger partial charge >= 0.3 is 6.01 Å². The number of rotatable bonds is 6. The Kier molecular flexibility index (Phi) is 5.59. The van der Waals surface area contributed by atoms with Gasteiger partial charge in [0.25, 0.3) is 0 Å². The van der Waals surface area contributed by atoms with Crippen molar-refractivity contribution in [3.63, 3.8) is 0 Å². The molecule has 1 heterocycles. The Morgan fingerprint density at radius 3 is 2.29 bits per heavy atom. The minimum Gasteiger partial charge on any atom is -0.467 e. The molecule has 1 aromatic heterocycles. The monoisotopic (exact) mass is 377 g/mol. The molecular weight excluding hydrogens is 358 g/mol. The van der Waals surface area contributed by atoms with Gasteiger partial charge < -0.3 is 15.4 Å². The van der Waals surface area contributed by atoms with Crippen LogP contribution in [0.25, 0.3) is 11.4 Å². The molecule has 1 amide bonds. The predicted octanol–water partition coefficient (Wildman–Crippen LogP) is 3.45. The van der Waals surface area contributed by atoms with E-state index in [1.54, 1.807) is 42.5 Å². The number of carbonyl (C=O) groups excluding carboxylic acids is 2. The van der Waals surface area contributed by atoms with Crippen molar-refractivity contribution in [3.05, 3.63) is 54.1 Å². The number of carbonyl (C=O) groups is 2. The highest BCUT2D eigenvalue weighted by molar-refractivity contribution is 5.95. The van der Waals surface area contributed by atoms with Crippen molar-refractivity contribution in [2.24, 2.45) is 0 Å². The second kappa shape index (κ2) is 8.26. The van der Waals surface area contributed by atoms with Crippen molar-refractivity contribution >= 4 is 29.0 Å². The van der Waals surface area contributed by atoms with Gasteiger partial charge in [-0.25, -0.2) is 0 Å². The van der Waals surface area contributed by atoms with Crippen molar-refractivity contribution in [2.45, 2.75) is 13.8 Å². The second-order valence-corrected chi connectivity index (χ2v) is 5.99. The van der Waals surface area contributed by atoms with Gasteiger partial charge in [-0.2, -0.15) is 15.0 Å². The summed E-state index contributed by atoms with van der Waals surface area (Å²) in [6, 6.07) is 14.3. The molecule has 3 aromatic rings. The number of nitrogens with one attached hydrogen (secondary N) is 2. The van der Waals surface area contributed by atoms with Crippen LogP contribution in [0.2, 0.25) is 0 Å². The van der Waals surface area contributed by atoms with Crippen LogP contribution >= 0.6 is 0 Å². The van der Waals surface area contributed by atoms with Gasteiger partial charge in [-0.15, -0.1) is 0 Å². The lowest BCUT2D eigenvalue weighted by Crippen LogP contribution is -2.06. The van der Waals surface area contributed by atoms with Crippen molar-refractivity contribution in [3.8, 4) is 17.4 Å². The Hall–Kier alpha value is -3.81. The molecule has 0 aliphatic heterocycles. The molecule has 2 N–H and O–H groups in total. The zero-order valence-electron chi connectivity index (χ0n) is 15.7. The molecule has 3 rings (SSSR count). The van der Waals surface area contributed by atoms with Gasteiger partial charge in [-0.1, -0.05) is 18.2 Å². The lowest BCUT2D eigenvalue weighted by atomic mass is 10.1. The first-order chi connectivity index (χ1) is 13.4. The van der Waals surface area contributed by atoms with Gasteiger partial charge in [0.15, 0.2) is 11.6 Å². The van der Waals surface area contributed by atoms with E-state index in [2.05, 4.69) is 25.6 Å². The second-order valence-electron chi connectivity index (χ2n) is 5.99. The third kappa shape index (κ3) is 4.67. The molecule has 142 valence electrons. The smallest absolute Gasteiger partial charge is 0.321 e. The lowest BCUT2D eigenvalue weighted by Gasteiger charge is -2.09. The maximum Gasteiger partial charge on any atom is 0.321 e. The van der Waals surface area contributed by atoms with Crippen LogP contribution in [0.4, 0.5) is 17.3 Å². The number of amides is 1. The number of methoxy groups -OCH3 is 1. The fraction of sp³-hybridized carbons (Fsp3) is 0.150. The summed E-state index contributed by atoms with van der Waals surface area (Å²) in [4.78, 5) is 35.6. The average molecular weight is 377 g/mol. The summed E-state index contributed by atoms with van der Waals surface area (Å²) in [5, 5.41) is 5.79. The lowest BCUT2D eigenvalue weighted by molar-refractivity contribution is -0.114. The number of hydrogen-bond acceptors (Lipinski definition) is 7. The summed E-state index contributed by atoms with van der Waals surface area (Å²) in [6.07, 6.45) is 0. The van der Waals surface area contributed by atoms with Crippen molar-refractivity contribution in [1.29, 1.82) is 0 Å². The molecule has 28 heavy (non-hydrogen) atoms. The summed E-state index contributed by atoms with van der Waals surface area (Å²) in [6.45, 7) is 2.95. The summed E-state index contributed by atoms with van der Waals surface area (Å²) in [5.74, 6) is 0.496. The molecule has 0 radical (unpaired) electrons. The Morgan fingerprint density at radius 1 is 0.929 bits per heavy atom. The highest BCUT2D eigenvalue weighted by Gasteiger charge is 2.11. The van der Waals surface area contributed by atoms with Crippen LogP contribution in [0.5, 0.6) is 6.01 Å². The van der Waals surface area contributed by atoms with Crippen LogP contribution < -0.4 is 15.4 Å². The van der Waals surface area contributed by atoms with E-state index in [9.17, 15) is 9.59 Å². The zero-order valence-corrected chi connectivity index (χ0v) is 15.7. The van der Waals surface area contributed by atoms with Crippen molar-refractivity contribution < 1.29 is 14.3 Å². The number of nitrogens with zero attached hydrogens (tertiary/aromatic N) is 3. The fourth-order valence-corrected chi connectivity index (χ4v) is 2.48. The Morgan fingerprint density at radius 2 is 1.64 bits per heavy atom. The molecule has 0 atom stereocenters.